The number of nitrogens with one attached hydrogen (secondary N) is 1. The van der Waals surface area contributed by atoms with E-state index < -0.39 is 5.54 Å². The third kappa shape index (κ3) is 2.16. The van der Waals surface area contributed by atoms with Gasteiger partial charge in [0.1, 0.15) is 17.8 Å². The van der Waals surface area contributed by atoms with Crippen LogP contribution in [0.4, 0.5) is 5.69 Å². The molecule has 2 amide bonds. The standard InChI is InChI=1S/C13H16N2O3/c1-13(2)12(17)15(8-11(16)14-13)9-4-6-10(18-3)7-5-9/h4-7H,8H2,1-3H3,(H,14,16). The highest BCUT2D eigenvalue weighted by Crippen LogP contribution is 2.23. The molecule has 0 aromatic heterocycles. The molecule has 2 rings (SSSR count). The van der Waals surface area contributed by atoms with Gasteiger partial charge < -0.3 is 15.0 Å². The summed E-state index contributed by atoms with van der Waals surface area (Å²) in [6, 6.07) is 7.07. The van der Waals surface area contributed by atoms with Crippen molar-refractivity contribution < 1.29 is 14.3 Å². The van der Waals surface area contributed by atoms with E-state index in [-0.39, 0.29) is 18.4 Å². The van der Waals surface area contributed by atoms with E-state index in [4.69, 9.17) is 4.74 Å². The van der Waals surface area contributed by atoms with Crippen molar-refractivity contribution in [3.05, 3.63) is 24.3 Å². The van der Waals surface area contributed by atoms with Gasteiger partial charge in [-0.3, -0.25) is 9.59 Å². The number of nitrogens with zero attached hydrogens (tertiary/aromatic N) is 1. The van der Waals surface area contributed by atoms with Crippen molar-refractivity contribution in [2.45, 2.75) is 19.4 Å². The van der Waals surface area contributed by atoms with E-state index in [1.165, 1.54) is 4.90 Å². The summed E-state index contributed by atoms with van der Waals surface area (Å²) in [6.45, 7) is 3.44. The molecule has 1 aliphatic heterocycles. The van der Waals surface area contributed by atoms with E-state index in [2.05, 4.69) is 5.32 Å². The molecule has 1 saturated heterocycles. The monoisotopic (exact) mass is 248 g/mol. The largest absolute Gasteiger partial charge is 0.497 e. The minimum Gasteiger partial charge on any atom is -0.497 e. The maximum Gasteiger partial charge on any atom is 0.252 e. The highest BCUT2D eigenvalue weighted by atomic mass is 16.5. The molecule has 1 aromatic rings. The molecular formula is C13H16N2O3. The van der Waals surface area contributed by atoms with Crippen LogP contribution in [0, 0.1) is 0 Å². The minimum atomic E-state index is -0.866. The van der Waals surface area contributed by atoms with Gasteiger partial charge >= 0.3 is 0 Å². The van der Waals surface area contributed by atoms with Crippen molar-refractivity contribution >= 4 is 17.5 Å². The Hall–Kier alpha value is -2.04. The second-order valence-corrected chi connectivity index (χ2v) is 4.76. The molecule has 0 aliphatic carbocycles. The first kappa shape index (κ1) is 12.4. The number of benzene rings is 1. The van der Waals surface area contributed by atoms with Gasteiger partial charge in [0.15, 0.2) is 0 Å². The van der Waals surface area contributed by atoms with E-state index in [9.17, 15) is 9.59 Å². The van der Waals surface area contributed by atoms with E-state index in [1.54, 1.807) is 45.2 Å². The van der Waals surface area contributed by atoms with Gasteiger partial charge in [0.05, 0.1) is 7.11 Å². The van der Waals surface area contributed by atoms with Crippen LogP contribution in [0.25, 0.3) is 0 Å². The number of anilines is 1. The van der Waals surface area contributed by atoms with Crippen LogP contribution in [0.3, 0.4) is 0 Å². The number of methoxy groups -OCH3 is 1. The highest BCUT2D eigenvalue weighted by Gasteiger charge is 2.39. The van der Waals surface area contributed by atoms with Crippen LogP contribution in [0.2, 0.25) is 0 Å². The first-order valence-corrected chi connectivity index (χ1v) is 5.71. The number of carbonyl (C=O) groups is 2. The predicted molar refractivity (Wildman–Crippen MR) is 67.6 cm³/mol. The Balaban J connectivity index is 2.30. The molecule has 1 heterocycles. The normalized spacial score (nSPS) is 18.5. The average molecular weight is 248 g/mol. The lowest BCUT2D eigenvalue weighted by Crippen LogP contribution is -2.64. The fourth-order valence-corrected chi connectivity index (χ4v) is 1.97. The van der Waals surface area contributed by atoms with E-state index >= 15 is 0 Å². The lowest BCUT2D eigenvalue weighted by molar-refractivity contribution is -0.134. The van der Waals surface area contributed by atoms with Gasteiger partial charge in [0.2, 0.25) is 5.91 Å². The zero-order valence-corrected chi connectivity index (χ0v) is 10.7. The van der Waals surface area contributed by atoms with Crippen LogP contribution in [0.5, 0.6) is 5.75 Å². The number of ether oxygens (including phenoxy) is 1. The quantitative estimate of drug-likeness (QED) is 0.847. The van der Waals surface area contributed by atoms with Crippen molar-refractivity contribution in [1.82, 2.24) is 5.32 Å². The summed E-state index contributed by atoms with van der Waals surface area (Å²) in [5.74, 6) is 0.439. The molecule has 5 heteroatoms. The molecule has 96 valence electrons. The molecule has 0 radical (unpaired) electrons. The number of carbonyl (C=O) groups excluding carboxylic acids is 2. The number of piperazine rings is 1. The molecule has 18 heavy (non-hydrogen) atoms. The summed E-state index contributed by atoms with van der Waals surface area (Å²) in [5, 5.41) is 2.67. The Bertz CT molecular complexity index is 480. The van der Waals surface area contributed by atoms with Gasteiger partial charge in [-0.2, -0.15) is 0 Å². The minimum absolute atomic E-state index is 0.0502. The molecule has 0 bridgehead atoms. The molecule has 1 fully saturated rings. The van der Waals surface area contributed by atoms with Gasteiger partial charge in [0, 0.05) is 5.69 Å². The van der Waals surface area contributed by atoms with Crippen LogP contribution < -0.4 is 15.0 Å². The van der Waals surface area contributed by atoms with Gasteiger partial charge in [0.25, 0.3) is 5.91 Å². The van der Waals surface area contributed by atoms with Crippen molar-refractivity contribution in [3.8, 4) is 5.75 Å². The smallest absolute Gasteiger partial charge is 0.252 e. The average Bonchev–Trinajstić information content (AvgIpc) is 2.33. The van der Waals surface area contributed by atoms with Crippen molar-refractivity contribution in [2.75, 3.05) is 18.6 Å². The Morgan fingerprint density at radius 2 is 1.83 bits per heavy atom. The van der Waals surface area contributed by atoms with Crippen molar-refractivity contribution in [2.24, 2.45) is 0 Å². The second-order valence-electron chi connectivity index (χ2n) is 4.76. The first-order valence-electron chi connectivity index (χ1n) is 5.71. The number of rotatable bonds is 2. The van der Waals surface area contributed by atoms with Crippen LogP contribution in [0.15, 0.2) is 24.3 Å². The van der Waals surface area contributed by atoms with Gasteiger partial charge in [-0.05, 0) is 38.1 Å². The Kier molecular flexibility index (Phi) is 2.98. The molecule has 1 aliphatic rings. The zero-order chi connectivity index (χ0) is 13.3. The zero-order valence-electron chi connectivity index (χ0n) is 10.7. The van der Waals surface area contributed by atoms with Gasteiger partial charge in [-0.15, -0.1) is 0 Å². The fourth-order valence-electron chi connectivity index (χ4n) is 1.97. The number of hydrogen-bond acceptors (Lipinski definition) is 3. The number of hydrogen-bond donors (Lipinski definition) is 1. The molecule has 0 saturated carbocycles. The molecule has 5 nitrogen and oxygen atoms in total. The molecule has 0 atom stereocenters. The van der Waals surface area contributed by atoms with Crippen LogP contribution in [-0.2, 0) is 9.59 Å². The molecule has 1 N–H and O–H groups in total. The van der Waals surface area contributed by atoms with Crippen molar-refractivity contribution in [3.63, 3.8) is 0 Å². The third-order valence-electron chi connectivity index (χ3n) is 2.92. The molecular weight excluding hydrogens is 232 g/mol. The lowest BCUT2D eigenvalue weighted by Gasteiger charge is -2.37. The Labute approximate surface area is 106 Å². The van der Waals surface area contributed by atoms with E-state index in [1.807, 2.05) is 0 Å². The maximum absolute atomic E-state index is 12.2. The van der Waals surface area contributed by atoms with Gasteiger partial charge in [-0.1, -0.05) is 0 Å². The van der Waals surface area contributed by atoms with Gasteiger partial charge in [-0.25, -0.2) is 0 Å². The maximum atomic E-state index is 12.2. The fraction of sp³-hybridized carbons (Fsp3) is 0.385. The van der Waals surface area contributed by atoms with Crippen LogP contribution in [-0.4, -0.2) is 31.0 Å². The topological polar surface area (TPSA) is 58.6 Å². The molecule has 1 aromatic carbocycles. The summed E-state index contributed by atoms with van der Waals surface area (Å²) in [5.41, 5.74) is -0.168. The third-order valence-corrected chi connectivity index (χ3v) is 2.92. The summed E-state index contributed by atoms with van der Waals surface area (Å²) in [7, 11) is 1.58. The summed E-state index contributed by atoms with van der Waals surface area (Å²) in [4.78, 5) is 25.3. The molecule has 0 unspecified atom stereocenters. The molecule has 0 spiro atoms. The Morgan fingerprint density at radius 1 is 1.22 bits per heavy atom. The first-order chi connectivity index (χ1) is 8.44. The van der Waals surface area contributed by atoms with Crippen LogP contribution in [0.1, 0.15) is 13.8 Å². The van der Waals surface area contributed by atoms with Crippen LogP contribution >= 0.6 is 0 Å². The lowest BCUT2D eigenvalue weighted by atomic mass is 10.00. The summed E-state index contributed by atoms with van der Waals surface area (Å²) < 4.78 is 5.06. The summed E-state index contributed by atoms with van der Waals surface area (Å²) >= 11 is 0. The second kappa shape index (κ2) is 4.33. The predicted octanol–water partition coefficient (Wildman–Crippen LogP) is 0.937. The van der Waals surface area contributed by atoms with E-state index in [0.29, 0.717) is 11.4 Å². The van der Waals surface area contributed by atoms with Crippen molar-refractivity contribution in [1.29, 1.82) is 0 Å². The number of amides is 2. The highest BCUT2D eigenvalue weighted by molar-refractivity contribution is 6.08. The van der Waals surface area contributed by atoms with E-state index in [0.717, 1.165) is 0 Å². The summed E-state index contributed by atoms with van der Waals surface area (Å²) in [6.07, 6.45) is 0. The SMILES string of the molecule is COc1ccc(N2CC(=O)NC(C)(C)C2=O)cc1. The Morgan fingerprint density at radius 3 is 2.39 bits per heavy atom.